The van der Waals surface area contributed by atoms with E-state index < -0.39 is 0 Å². The van der Waals surface area contributed by atoms with Crippen molar-refractivity contribution in [2.75, 3.05) is 20.0 Å². The van der Waals surface area contributed by atoms with Gasteiger partial charge >= 0.3 is 0 Å². The Balaban J connectivity index is 1.91. The molecule has 1 aromatic carbocycles. The van der Waals surface area contributed by atoms with Crippen molar-refractivity contribution < 1.29 is 9.47 Å². The van der Waals surface area contributed by atoms with E-state index >= 15 is 0 Å². The molecule has 0 aliphatic heterocycles. The summed E-state index contributed by atoms with van der Waals surface area (Å²) in [6.45, 7) is 5.01. The van der Waals surface area contributed by atoms with Gasteiger partial charge in [0.15, 0.2) is 17.3 Å². The van der Waals surface area contributed by atoms with Crippen LogP contribution in [0.15, 0.2) is 28.5 Å². The molecule has 2 aromatic rings. The Hall–Kier alpha value is -2.02. The number of hydrogen-bond donors (Lipinski definition) is 0. The molecular weight excluding hydrogens is 384 g/mol. The van der Waals surface area contributed by atoms with Crippen LogP contribution in [-0.4, -0.2) is 41.1 Å². The van der Waals surface area contributed by atoms with E-state index in [1.165, 1.54) is 50.3 Å². The van der Waals surface area contributed by atoms with Gasteiger partial charge in [-0.1, -0.05) is 64.1 Å². The summed E-state index contributed by atoms with van der Waals surface area (Å²) >= 11 is 1.53. The molecule has 0 N–H and O–H groups in total. The number of thioether (sulfide) groups is 1. The summed E-state index contributed by atoms with van der Waals surface area (Å²) in [5.41, 5.74) is 0.938. The van der Waals surface area contributed by atoms with E-state index in [0.717, 1.165) is 47.5 Å². The molecular formula is C22H34N4O2S. The van der Waals surface area contributed by atoms with Crippen molar-refractivity contribution in [2.45, 2.75) is 70.4 Å². The SMILES string of the molecule is CCCCCCCCCOc1ccc(/C=N\n2c(CC)nnc2SC)cc1OC. The summed E-state index contributed by atoms with van der Waals surface area (Å²) in [7, 11) is 1.66. The van der Waals surface area contributed by atoms with E-state index in [0.29, 0.717) is 0 Å². The number of benzene rings is 1. The van der Waals surface area contributed by atoms with Crippen molar-refractivity contribution in [3.63, 3.8) is 0 Å². The van der Waals surface area contributed by atoms with E-state index in [9.17, 15) is 0 Å². The van der Waals surface area contributed by atoms with Crippen LogP contribution >= 0.6 is 11.8 Å². The fourth-order valence-corrected chi connectivity index (χ4v) is 3.46. The Labute approximate surface area is 179 Å². The van der Waals surface area contributed by atoms with Crippen LogP contribution in [0.5, 0.6) is 11.5 Å². The molecule has 0 amide bonds. The molecule has 0 aliphatic carbocycles. The molecule has 0 bridgehead atoms. The van der Waals surface area contributed by atoms with Crippen molar-refractivity contribution in [1.29, 1.82) is 0 Å². The molecule has 0 fully saturated rings. The number of nitrogens with zero attached hydrogens (tertiary/aromatic N) is 4. The maximum absolute atomic E-state index is 5.94. The standard InChI is InChI=1S/C22H34N4O2S/c1-5-7-8-9-10-11-12-15-28-19-14-13-18(16-20(19)27-3)17-23-26-21(6-2)24-25-22(26)29-4/h13-14,16-17H,5-12,15H2,1-4H3/b23-17-. The second kappa shape index (κ2) is 13.2. The van der Waals surface area contributed by atoms with Crippen LogP contribution in [0, 0.1) is 0 Å². The number of aromatic nitrogens is 3. The highest BCUT2D eigenvalue weighted by Gasteiger charge is 2.09. The molecule has 0 unspecified atom stereocenters. The zero-order valence-corrected chi connectivity index (χ0v) is 19.0. The third kappa shape index (κ3) is 7.38. The van der Waals surface area contributed by atoms with Crippen molar-refractivity contribution in [3.05, 3.63) is 29.6 Å². The number of hydrogen-bond acceptors (Lipinski definition) is 6. The molecule has 0 saturated carbocycles. The minimum absolute atomic E-state index is 0.717. The van der Waals surface area contributed by atoms with Gasteiger partial charge in [0, 0.05) is 6.42 Å². The van der Waals surface area contributed by atoms with Gasteiger partial charge in [0.25, 0.3) is 0 Å². The van der Waals surface area contributed by atoms with E-state index in [4.69, 9.17) is 9.47 Å². The van der Waals surface area contributed by atoms with Crippen molar-refractivity contribution >= 4 is 18.0 Å². The Bertz CT molecular complexity index is 740. The van der Waals surface area contributed by atoms with Crippen molar-refractivity contribution in [2.24, 2.45) is 5.10 Å². The van der Waals surface area contributed by atoms with Gasteiger partial charge in [-0.3, -0.25) is 0 Å². The minimum atomic E-state index is 0.717. The first kappa shape index (κ1) is 23.3. The topological polar surface area (TPSA) is 61.5 Å². The van der Waals surface area contributed by atoms with Crippen molar-refractivity contribution in [1.82, 2.24) is 14.9 Å². The first-order chi connectivity index (χ1) is 14.2. The van der Waals surface area contributed by atoms with E-state index in [-0.39, 0.29) is 0 Å². The number of rotatable bonds is 14. The second-order valence-electron chi connectivity index (χ2n) is 6.89. The maximum atomic E-state index is 5.94. The average molecular weight is 419 g/mol. The third-order valence-electron chi connectivity index (χ3n) is 4.69. The Morgan fingerprint density at radius 3 is 2.48 bits per heavy atom. The first-order valence-electron chi connectivity index (χ1n) is 10.6. The van der Waals surface area contributed by atoms with Crippen LogP contribution in [0.3, 0.4) is 0 Å². The van der Waals surface area contributed by atoms with Crippen LogP contribution < -0.4 is 9.47 Å². The third-order valence-corrected chi connectivity index (χ3v) is 5.31. The van der Waals surface area contributed by atoms with Crippen LogP contribution in [-0.2, 0) is 6.42 Å². The van der Waals surface area contributed by atoms with Crippen LogP contribution in [0.4, 0.5) is 0 Å². The van der Waals surface area contributed by atoms with Crippen molar-refractivity contribution in [3.8, 4) is 11.5 Å². The largest absolute Gasteiger partial charge is 0.493 e. The van der Waals surface area contributed by atoms with Gasteiger partial charge in [-0.05, 0) is 36.4 Å². The Morgan fingerprint density at radius 1 is 1.03 bits per heavy atom. The first-order valence-corrected chi connectivity index (χ1v) is 11.8. The predicted molar refractivity (Wildman–Crippen MR) is 121 cm³/mol. The molecule has 0 atom stereocenters. The van der Waals surface area contributed by atoms with Gasteiger partial charge in [-0.15, -0.1) is 10.2 Å². The van der Waals surface area contributed by atoms with E-state index in [1.54, 1.807) is 18.0 Å². The minimum Gasteiger partial charge on any atom is -0.493 e. The summed E-state index contributed by atoms with van der Waals surface area (Å²) in [6, 6.07) is 5.88. The summed E-state index contributed by atoms with van der Waals surface area (Å²) in [5.74, 6) is 2.34. The van der Waals surface area contributed by atoms with Crippen LogP contribution in [0.1, 0.15) is 70.2 Å². The average Bonchev–Trinajstić information content (AvgIpc) is 3.16. The zero-order chi connectivity index (χ0) is 20.9. The highest BCUT2D eigenvalue weighted by atomic mass is 32.2. The summed E-state index contributed by atoms with van der Waals surface area (Å²) in [5, 5.41) is 13.6. The Kier molecular flexibility index (Phi) is 10.6. The molecule has 0 aliphatic rings. The number of aryl methyl sites for hydroxylation is 1. The monoisotopic (exact) mass is 418 g/mol. The quantitative estimate of drug-likeness (QED) is 0.228. The molecule has 29 heavy (non-hydrogen) atoms. The molecule has 0 saturated heterocycles. The number of ether oxygens (including phenoxy) is 2. The summed E-state index contributed by atoms with van der Waals surface area (Å²) < 4.78 is 13.2. The molecule has 2 rings (SSSR count). The van der Waals surface area contributed by atoms with Crippen LogP contribution in [0.25, 0.3) is 0 Å². The van der Waals surface area contributed by atoms with E-state index in [1.807, 2.05) is 31.4 Å². The molecule has 1 aromatic heterocycles. The maximum Gasteiger partial charge on any atom is 0.211 e. The Morgan fingerprint density at radius 2 is 1.79 bits per heavy atom. The fraction of sp³-hybridized carbons (Fsp3) is 0.591. The zero-order valence-electron chi connectivity index (χ0n) is 18.2. The molecule has 1 heterocycles. The molecule has 160 valence electrons. The number of unbranched alkanes of at least 4 members (excludes halogenated alkanes) is 6. The second-order valence-corrected chi connectivity index (χ2v) is 7.67. The van der Waals surface area contributed by atoms with Gasteiger partial charge in [-0.25, -0.2) is 0 Å². The smallest absolute Gasteiger partial charge is 0.211 e. The highest BCUT2D eigenvalue weighted by molar-refractivity contribution is 7.98. The number of methoxy groups -OCH3 is 1. The summed E-state index contributed by atoms with van der Waals surface area (Å²) in [6.07, 6.45) is 13.4. The van der Waals surface area contributed by atoms with Gasteiger partial charge in [-0.2, -0.15) is 9.78 Å². The fourth-order valence-electron chi connectivity index (χ4n) is 3.01. The lowest BCUT2D eigenvalue weighted by atomic mass is 10.1. The normalized spacial score (nSPS) is 11.3. The molecule has 6 nitrogen and oxygen atoms in total. The molecule has 0 radical (unpaired) electrons. The highest BCUT2D eigenvalue weighted by Crippen LogP contribution is 2.28. The molecule has 7 heteroatoms. The van der Waals surface area contributed by atoms with E-state index in [2.05, 4.69) is 22.2 Å². The molecule has 0 spiro atoms. The summed E-state index contributed by atoms with van der Waals surface area (Å²) in [4.78, 5) is 0. The lowest BCUT2D eigenvalue weighted by Gasteiger charge is -2.11. The lowest BCUT2D eigenvalue weighted by molar-refractivity contribution is 0.284. The lowest BCUT2D eigenvalue weighted by Crippen LogP contribution is -2.01. The van der Waals surface area contributed by atoms with Gasteiger partial charge in [0.2, 0.25) is 5.16 Å². The van der Waals surface area contributed by atoms with Crippen LogP contribution in [0.2, 0.25) is 0 Å². The van der Waals surface area contributed by atoms with Gasteiger partial charge in [0.1, 0.15) is 0 Å². The van der Waals surface area contributed by atoms with Gasteiger partial charge < -0.3 is 9.47 Å². The predicted octanol–water partition coefficient (Wildman–Crippen LogP) is 5.58. The van der Waals surface area contributed by atoms with Gasteiger partial charge in [0.05, 0.1) is 19.9 Å².